The summed E-state index contributed by atoms with van der Waals surface area (Å²) in [6.45, 7) is 0.810. The highest BCUT2D eigenvalue weighted by molar-refractivity contribution is 6.04. The van der Waals surface area contributed by atoms with Crippen LogP contribution < -0.4 is 5.56 Å². The Balaban J connectivity index is 1.43. The van der Waals surface area contributed by atoms with Gasteiger partial charge in [-0.15, -0.1) is 0 Å². The van der Waals surface area contributed by atoms with Gasteiger partial charge in [-0.1, -0.05) is 18.2 Å². The Labute approximate surface area is 152 Å². The molecule has 2 aromatic rings. The summed E-state index contributed by atoms with van der Waals surface area (Å²) in [5.41, 5.74) is 0.408. The molecule has 1 heterocycles. The van der Waals surface area contributed by atoms with E-state index in [0.717, 1.165) is 24.3 Å². The molecule has 0 atom stereocenters. The van der Waals surface area contributed by atoms with E-state index in [4.69, 9.17) is 0 Å². The number of nitrogens with one attached hydrogen (secondary N) is 1. The standard InChI is InChI=1S/C21H25N3O2/c1-24(12-21-9-13-6-14(10-21)8-15(7-13)11-21)20(26)18-16-4-2-3-5-17(16)19(25)23-22-18/h2-5,13-15H,6-12H2,1H3,(H,23,25). The number of aromatic nitrogens is 2. The molecule has 4 saturated carbocycles. The Morgan fingerprint density at radius 1 is 1.12 bits per heavy atom. The average molecular weight is 351 g/mol. The van der Waals surface area contributed by atoms with Gasteiger partial charge in [0.15, 0.2) is 5.69 Å². The lowest BCUT2D eigenvalue weighted by molar-refractivity contribution is -0.0629. The third-order valence-electron chi connectivity index (χ3n) is 6.98. The molecule has 0 saturated heterocycles. The summed E-state index contributed by atoms with van der Waals surface area (Å²) in [5, 5.41) is 7.74. The molecule has 136 valence electrons. The van der Waals surface area contributed by atoms with Gasteiger partial charge in [0.2, 0.25) is 0 Å². The van der Waals surface area contributed by atoms with E-state index in [1.807, 2.05) is 30.1 Å². The molecule has 0 aliphatic heterocycles. The van der Waals surface area contributed by atoms with Crippen LogP contribution in [0.1, 0.15) is 49.0 Å². The van der Waals surface area contributed by atoms with E-state index in [9.17, 15) is 9.59 Å². The van der Waals surface area contributed by atoms with E-state index in [2.05, 4.69) is 10.2 Å². The number of hydrogen-bond acceptors (Lipinski definition) is 3. The minimum atomic E-state index is -0.249. The number of carbonyl (C=O) groups is 1. The molecular formula is C21H25N3O2. The smallest absolute Gasteiger partial charge is 0.274 e. The van der Waals surface area contributed by atoms with Crippen LogP contribution in [0, 0.1) is 23.2 Å². The van der Waals surface area contributed by atoms with Crippen LogP contribution in [-0.4, -0.2) is 34.6 Å². The highest BCUT2D eigenvalue weighted by Crippen LogP contribution is 2.60. The van der Waals surface area contributed by atoms with Crippen LogP contribution in [-0.2, 0) is 0 Å². The van der Waals surface area contributed by atoms with Gasteiger partial charge < -0.3 is 4.90 Å². The summed E-state index contributed by atoms with van der Waals surface area (Å²) >= 11 is 0. The fourth-order valence-electron chi connectivity index (χ4n) is 6.52. The van der Waals surface area contributed by atoms with Crippen molar-refractivity contribution in [3.8, 4) is 0 Å². The summed E-state index contributed by atoms with van der Waals surface area (Å²) in [5.74, 6) is 2.53. The summed E-state index contributed by atoms with van der Waals surface area (Å²) in [4.78, 5) is 27.0. The van der Waals surface area contributed by atoms with E-state index in [1.54, 1.807) is 6.07 Å². The molecule has 0 unspecified atom stereocenters. The van der Waals surface area contributed by atoms with Gasteiger partial charge in [-0.25, -0.2) is 5.10 Å². The van der Waals surface area contributed by atoms with E-state index >= 15 is 0 Å². The fraction of sp³-hybridized carbons (Fsp3) is 0.571. The van der Waals surface area contributed by atoms with E-state index in [0.29, 0.717) is 21.9 Å². The van der Waals surface area contributed by atoms with Crippen LogP contribution in [0.25, 0.3) is 10.8 Å². The molecule has 1 aromatic carbocycles. The molecule has 5 heteroatoms. The zero-order valence-electron chi connectivity index (χ0n) is 15.2. The van der Waals surface area contributed by atoms with Crippen molar-refractivity contribution in [2.24, 2.45) is 23.2 Å². The number of amides is 1. The highest BCUT2D eigenvalue weighted by atomic mass is 16.2. The maximum absolute atomic E-state index is 13.1. The van der Waals surface area contributed by atoms with Crippen molar-refractivity contribution >= 4 is 16.7 Å². The highest BCUT2D eigenvalue weighted by Gasteiger charge is 2.51. The van der Waals surface area contributed by atoms with Gasteiger partial charge >= 0.3 is 0 Å². The lowest BCUT2D eigenvalue weighted by Crippen LogP contribution is -2.51. The Bertz CT molecular complexity index is 897. The summed E-state index contributed by atoms with van der Waals surface area (Å²) < 4.78 is 0. The number of H-pyrrole nitrogens is 1. The number of carbonyl (C=O) groups excluding carboxylic acids is 1. The predicted molar refractivity (Wildman–Crippen MR) is 99.9 cm³/mol. The van der Waals surface area contributed by atoms with E-state index in [1.165, 1.54) is 38.5 Å². The average Bonchev–Trinajstić information content (AvgIpc) is 2.60. The van der Waals surface area contributed by atoms with Crippen molar-refractivity contribution in [1.82, 2.24) is 15.1 Å². The largest absolute Gasteiger partial charge is 0.340 e. The molecule has 6 rings (SSSR count). The van der Waals surface area contributed by atoms with Crippen molar-refractivity contribution in [3.05, 3.63) is 40.3 Å². The third-order valence-corrected chi connectivity index (χ3v) is 6.98. The maximum atomic E-state index is 13.1. The summed E-state index contributed by atoms with van der Waals surface area (Å²) in [6, 6.07) is 7.21. The van der Waals surface area contributed by atoms with Crippen LogP contribution in [0.5, 0.6) is 0 Å². The number of rotatable bonds is 3. The molecule has 1 amide bonds. The molecule has 5 nitrogen and oxygen atoms in total. The molecule has 4 aliphatic carbocycles. The minimum absolute atomic E-state index is 0.0896. The lowest BCUT2D eigenvalue weighted by Gasteiger charge is -2.57. The number of hydrogen-bond donors (Lipinski definition) is 1. The third kappa shape index (κ3) is 2.48. The van der Waals surface area contributed by atoms with Gasteiger partial charge in [0.25, 0.3) is 11.5 Å². The molecule has 1 N–H and O–H groups in total. The van der Waals surface area contributed by atoms with Crippen LogP contribution in [0.2, 0.25) is 0 Å². The second-order valence-corrected chi connectivity index (χ2v) is 9.03. The molecule has 4 aliphatic rings. The molecule has 1 aromatic heterocycles. The van der Waals surface area contributed by atoms with Gasteiger partial charge in [0.05, 0.1) is 5.39 Å². The Hall–Kier alpha value is -2.17. The van der Waals surface area contributed by atoms with Crippen molar-refractivity contribution in [3.63, 3.8) is 0 Å². The van der Waals surface area contributed by atoms with Crippen LogP contribution in [0.3, 0.4) is 0 Å². The number of benzene rings is 1. The van der Waals surface area contributed by atoms with Gasteiger partial charge in [-0.2, -0.15) is 5.10 Å². The number of fused-ring (bicyclic) bond motifs is 1. The predicted octanol–water partition coefficient (Wildman–Crippen LogP) is 3.21. The van der Waals surface area contributed by atoms with Gasteiger partial charge in [0, 0.05) is 19.0 Å². The Morgan fingerprint density at radius 2 is 1.69 bits per heavy atom. The Morgan fingerprint density at radius 3 is 2.31 bits per heavy atom. The van der Waals surface area contributed by atoms with Gasteiger partial charge in [-0.3, -0.25) is 9.59 Å². The van der Waals surface area contributed by atoms with Crippen LogP contribution in [0.4, 0.5) is 0 Å². The van der Waals surface area contributed by atoms with E-state index < -0.39 is 0 Å². The summed E-state index contributed by atoms with van der Waals surface area (Å²) in [7, 11) is 1.89. The zero-order chi connectivity index (χ0) is 17.9. The van der Waals surface area contributed by atoms with Crippen molar-refractivity contribution in [1.29, 1.82) is 0 Å². The second kappa shape index (κ2) is 5.66. The second-order valence-electron chi connectivity index (χ2n) is 9.03. The SMILES string of the molecule is CN(CC12CC3CC(CC(C3)C1)C2)C(=O)c1n[nH]c(=O)c2ccccc12. The van der Waals surface area contributed by atoms with Crippen LogP contribution >= 0.6 is 0 Å². The minimum Gasteiger partial charge on any atom is -0.340 e. The normalized spacial score (nSPS) is 32.1. The van der Waals surface area contributed by atoms with E-state index in [-0.39, 0.29) is 11.5 Å². The van der Waals surface area contributed by atoms with Crippen LogP contribution in [0.15, 0.2) is 29.1 Å². The quantitative estimate of drug-likeness (QED) is 0.923. The maximum Gasteiger partial charge on any atom is 0.274 e. The monoisotopic (exact) mass is 351 g/mol. The first-order valence-electron chi connectivity index (χ1n) is 9.76. The molecule has 4 fully saturated rings. The number of aromatic amines is 1. The fourth-order valence-corrected chi connectivity index (χ4v) is 6.52. The van der Waals surface area contributed by atoms with Crippen molar-refractivity contribution in [2.75, 3.05) is 13.6 Å². The Kier molecular flexibility index (Phi) is 3.49. The van der Waals surface area contributed by atoms with Crippen molar-refractivity contribution in [2.45, 2.75) is 38.5 Å². The first-order valence-corrected chi connectivity index (χ1v) is 9.76. The summed E-state index contributed by atoms with van der Waals surface area (Å²) in [6.07, 6.45) is 8.04. The van der Waals surface area contributed by atoms with Gasteiger partial charge in [-0.05, 0) is 67.8 Å². The molecule has 0 spiro atoms. The topological polar surface area (TPSA) is 66.1 Å². The molecule has 0 radical (unpaired) electrons. The van der Waals surface area contributed by atoms with Crippen molar-refractivity contribution < 1.29 is 4.79 Å². The van der Waals surface area contributed by atoms with Gasteiger partial charge in [0.1, 0.15) is 0 Å². The lowest BCUT2D eigenvalue weighted by atomic mass is 9.49. The molecular weight excluding hydrogens is 326 g/mol. The first-order chi connectivity index (χ1) is 12.5. The number of nitrogens with zero attached hydrogens (tertiary/aromatic N) is 2. The zero-order valence-corrected chi connectivity index (χ0v) is 15.2. The first kappa shape index (κ1) is 16.0. The molecule has 4 bridgehead atoms. The molecule has 26 heavy (non-hydrogen) atoms.